The van der Waals surface area contributed by atoms with Crippen LogP contribution >= 0.6 is 0 Å². The molecule has 1 amide bonds. The number of hydrogen-bond donors (Lipinski definition) is 0. The summed E-state index contributed by atoms with van der Waals surface area (Å²) in [5.74, 6) is 0.114. The van der Waals surface area contributed by atoms with Crippen molar-refractivity contribution in [2.24, 2.45) is 0 Å². The molecule has 3 aromatic rings. The van der Waals surface area contributed by atoms with Crippen LogP contribution < -0.4 is 4.90 Å². The molecule has 27 heavy (non-hydrogen) atoms. The van der Waals surface area contributed by atoms with Gasteiger partial charge < -0.3 is 4.90 Å². The smallest absolute Gasteiger partial charge is 0.241 e. The van der Waals surface area contributed by atoms with Crippen molar-refractivity contribution in [3.05, 3.63) is 102 Å². The molecule has 0 aliphatic rings. The van der Waals surface area contributed by atoms with Crippen LogP contribution in [-0.4, -0.2) is 23.9 Å². The maximum absolute atomic E-state index is 13.2. The second kappa shape index (κ2) is 9.70. The predicted octanol–water partition coefficient (Wildman–Crippen LogP) is 4.74. The molecule has 3 nitrogen and oxygen atoms in total. The van der Waals surface area contributed by atoms with Gasteiger partial charge in [0.1, 0.15) is 0 Å². The molecule has 0 saturated heterocycles. The lowest BCUT2D eigenvalue weighted by Gasteiger charge is -2.27. The van der Waals surface area contributed by atoms with Crippen LogP contribution in [0.3, 0.4) is 0 Å². The van der Waals surface area contributed by atoms with Crippen molar-refractivity contribution in [1.29, 1.82) is 0 Å². The quantitative estimate of drug-likeness (QED) is 0.580. The summed E-state index contributed by atoms with van der Waals surface area (Å²) in [6, 6.07) is 30.3. The van der Waals surface area contributed by atoms with E-state index in [1.807, 2.05) is 71.6 Å². The molecule has 0 aliphatic carbocycles. The third-order valence-electron chi connectivity index (χ3n) is 4.61. The zero-order valence-corrected chi connectivity index (χ0v) is 15.8. The minimum atomic E-state index is 0.114. The van der Waals surface area contributed by atoms with Gasteiger partial charge in [0, 0.05) is 12.2 Å². The van der Waals surface area contributed by atoms with Crippen molar-refractivity contribution in [1.82, 2.24) is 4.90 Å². The average molecular weight is 358 g/mol. The summed E-state index contributed by atoms with van der Waals surface area (Å²) in [4.78, 5) is 17.2. The Hall–Kier alpha value is -2.91. The van der Waals surface area contributed by atoms with Gasteiger partial charge in [0.15, 0.2) is 0 Å². The second-order valence-corrected chi connectivity index (χ2v) is 6.59. The third kappa shape index (κ3) is 5.53. The van der Waals surface area contributed by atoms with E-state index in [9.17, 15) is 4.79 Å². The largest absolute Gasteiger partial charge is 0.307 e. The van der Waals surface area contributed by atoms with Gasteiger partial charge in [-0.15, -0.1) is 0 Å². The molecule has 0 saturated carbocycles. The highest BCUT2D eigenvalue weighted by Crippen LogP contribution is 2.18. The van der Waals surface area contributed by atoms with Gasteiger partial charge in [-0.05, 0) is 29.8 Å². The van der Waals surface area contributed by atoms with Gasteiger partial charge in [0.25, 0.3) is 0 Å². The molecule has 0 N–H and O–H groups in total. The van der Waals surface area contributed by atoms with Gasteiger partial charge in [0.05, 0.1) is 13.1 Å². The van der Waals surface area contributed by atoms with E-state index in [1.54, 1.807) is 0 Å². The Balaban J connectivity index is 1.75. The number of likely N-dealkylation sites (N-methyl/N-ethyl adjacent to an activating group) is 1. The molecule has 3 rings (SSSR count). The Morgan fingerprint density at radius 2 is 1.19 bits per heavy atom. The Morgan fingerprint density at radius 3 is 1.70 bits per heavy atom. The fourth-order valence-corrected chi connectivity index (χ4v) is 3.10. The van der Waals surface area contributed by atoms with Gasteiger partial charge in [-0.2, -0.15) is 0 Å². The molecular formula is C24H26N2O. The topological polar surface area (TPSA) is 23.6 Å². The molecule has 0 radical (unpaired) electrons. The molecule has 3 aromatic carbocycles. The number of carbonyl (C=O) groups is 1. The Morgan fingerprint density at radius 1 is 0.704 bits per heavy atom. The van der Waals surface area contributed by atoms with Crippen molar-refractivity contribution < 1.29 is 4.79 Å². The molecule has 0 spiro atoms. The SMILES string of the molecule is CCN(CC(=O)N(Cc1ccccc1)c1ccccc1)Cc1ccccc1. The van der Waals surface area contributed by atoms with Gasteiger partial charge in [-0.1, -0.05) is 85.8 Å². The maximum atomic E-state index is 13.2. The summed E-state index contributed by atoms with van der Waals surface area (Å²) in [5.41, 5.74) is 3.28. The van der Waals surface area contributed by atoms with Crippen molar-refractivity contribution >= 4 is 11.6 Å². The van der Waals surface area contributed by atoms with E-state index in [2.05, 4.69) is 36.1 Å². The minimum Gasteiger partial charge on any atom is -0.307 e. The zero-order chi connectivity index (χ0) is 18.9. The summed E-state index contributed by atoms with van der Waals surface area (Å²) in [6.45, 7) is 4.67. The average Bonchev–Trinajstić information content (AvgIpc) is 2.73. The first-order valence-electron chi connectivity index (χ1n) is 9.42. The molecule has 0 unspecified atom stereocenters. The van der Waals surface area contributed by atoms with Crippen LogP contribution in [0.15, 0.2) is 91.0 Å². The first kappa shape index (κ1) is 18.9. The standard InChI is InChI=1S/C24H26N2O/c1-2-25(18-21-12-6-3-7-13-21)20-24(27)26(23-16-10-5-11-17-23)19-22-14-8-4-9-15-22/h3-17H,2,18-20H2,1H3. The Kier molecular flexibility index (Phi) is 6.78. The van der Waals surface area contributed by atoms with Crippen LogP contribution in [0.25, 0.3) is 0 Å². The van der Waals surface area contributed by atoms with E-state index in [0.29, 0.717) is 13.1 Å². The summed E-state index contributed by atoms with van der Waals surface area (Å²) < 4.78 is 0. The molecule has 0 fully saturated rings. The molecule has 3 heteroatoms. The van der Waals surface area contributed by atoms with Crippen LogP contribution in [0.4, 0.5) is 5.69 Å². The Labute approximate surface area is 161 Å². The molecule has 0 heterocycles. The molecule has 0 aliphatic heterocycles. The second-order valence-electron chi connectivity index (χ2n) is 6.59. The lowest BCUT2D eigenvalue weighted by atomic mass is 10.2. The number of hydrogen-bond acceptors (Lipinski definition) is 2. The van der Waals surface area contributed by atoms with Gasteiger partial charge in [-0.25, -0.2) is 0 Å². The first-order valence-corrected chi connectivity index (χ1v) is 9.42. The van der Waals surface area contributed by atoms with Crippen LogP contribution in [0.1, 0.15) is 18.1 Å². The zero-order valence-electron chi connectivity index (χ0n) is 15.8. The molecular weight excluding hydrogens is 332 g/mol. The summed E-state index contributed by atoms with van der Waals surface area (Å²) in [5, 5.41) is 0. The van der Waals surface area contributed by atoms with Crippen LogP contribution in [0.2, 0.25) is 0 Å². The van der Waals surface area contributed by atoms with E-state index >= 15 is 0 Å². The fourth-order valence-electron chi connectivity index (χ4n) is 3.10. The van der Waals surface area contributed by atoms with E-state index in [1.165, 1.54) is 5.56 Å². The van der Waals surface area contributed by atoms with Gasteiger partial charge >= 0.3 is 0 Å². The number of benzene rings is 3. The number of anilines is 1. The number of carbonyl (C=O) groups excluding carboxylic acids is 1. The van der Waals surface area contributed by atoms with Crippen molar-refractivity contribution in [3.63, 3.8) is 0 Å². The maximum Gasteiger partial charge on any atom is 0.241 e. The van der Waals surface area contributed by atoms with E-state index in [4.69, 9.17) is 0 Å². The Bertz CT molecular complexity index is 819. The molecule has 0 atom stereocenters. The lowest BCUT2D eigenvalue weighted by molar-refractivity contribution is -0.120. The highest BCUT2D eigenvalue weighted by Gasteiger charge is 2.19. The van der Waals surface area contributed by atoms with E-state index in [-0.39, 0.29) is 5.91 Å². The lowest BCUT2D eigenvalue weighted by Crippen LogP contribution is -2.40. The fraction of sp³-hybridized carbons (Fsp3) is 0.208. The third-order valence-corrected chi connectivity index (χ3v) is 4.61. The van der Waals surface area contributed by atoms with E-state index < -0.39 is 0 Å². The normalized spacial score (nSPS) is 10.7. The van der Waals surface area contributed by atoms with Crippen LogP contribution in [-0.2, 0) is 17.9 Å². The van der Waals surface area contributed by atoms with Crippen LogP contribution in [0.5, 0.6) is 0 Å². The highest BCUT2D eigenvalue weighted by atomic mass is 16.2. The van der Waals surface area contributed by atoms with Gasteiger partial charge in [0.2, 0.25) is 5.91 Å². The summed E-state index contributed by atoms with van der Waals surface area (Å²) in [6.07, 6.45) is 0. The summed E-state index contributed by atoms with van der Waals surface area (Å²) in [7, 11) is 0. The number of nitrogens with zero attached hydrogens (tertiary/aromatic N) is 2. The summed E-state index contributed by atoms with van der Waals surface area (Å²) >= 11 is 0. The number of amides is 1. The van der Waals surface area contributed by atoms with Gasteiger partial charge in [-0.3, -0.25) is 9.69 Å². The van der Waals surface area contributed by atoms with Crippen molar-refractivity contribution in [3.8, 4) is 0 Å². The van der Waals surface area contributed by atoms with Crippen LogP contribution in [0, 0.1) is 0 Å². The number of para-hydroxylation sites is 1. The molecule has 0 aromatic heterocycles. The van der Waals surface area contributed by atoms with Crippen molar-refractivity contribution in [2.45, 2.75) is 20.0 Å². The minimum absolute atomic E-state index is 0.114. The predicted molar refractivity (Wildman–Crippen MR) is 111 cm³/mol. The molecule has 0 bridgehead atoms. The molecule has 138 valence electrons. The van der Waals surface area contributed by atoms with Crippen molar-refractivity contribution in [2.75, 3.05) is 18.0 Å². The highest BCUT2D eigenvalue weighted by molar-refractivity contribution is 5.94. The monoisotopic (exact) mass is 358 g/mol. The first-order chi connectivity index (χ1) is 13.3. The number of rotatable bonds is 8. The van der Waals surface area contributed by atoms with E-state index in [0.717, 1.165) is 24.3 Å².